The van der Waals surface area contributed by atoms with Crippen molar-refractivity contribution in [1.82, 2.24) is 9.55 Å². The Hall–Kier alpha value is -10.3. The van der Waals surface area contributed by atoms with Crippen LogP contribution in [0.4, 0.5) is 5.69 Å². The molecule has 380 valence electrons. The van der Waals surface area contributed by atoms with Crippen molar-refractivity contribution < 1.29 is 0 Å². The Morgan fingerprint density at radius 1 is 0.425 bits per heavy atom. The van der Waals surface area contributed by atoms with Crippen LogP contribution >= 0.6 is 0 Å². The minimum atomic E-state index is 0.812. The molecule has 1 heterocycles. The molecule has 11 aromatic carbocycles. The van der Waals surface area contributed by atoms with E-state index in [1.54, 1.807) is 0 Å². The Kier molecular flexibility index (Phi) is 13.1. The lowest BCUT2D eigenvalue weighted by Crippen LogP contribution is -2.07. The maximum Gasteiger partial charge on any atom is 0.145 e. The first-order valence-corrected chi connectivity index (χ1v) is 27.3. The fourth-order valence-electron chi connectivity index (χ4n) is 11.0. The van der Waals surface area contributed by atoms with Crippen molar-refractivity contribution in [3.63, 3.8) is 0 Å². The highest BCUT2D eigenvalue weighted by molar-refractivity contribution is 6.26. The standard InChI is InChI=1S/C76H56N4/c1-50-16-8-13-23-71(50)77-53(4)55-28-32-59(33-29-55)60-34-40-62(41-35-60)75(78-73-49-70(67-45-39-57-18-10-12-20-65(57)48-67)69(46-51(73)2)66-44-38-56-17-9-11-19-64(56)47-66)52(3)54-26-30-58(31-27-54)61-36-42-63(43-37-61)76-79-72-24-14-15-25-74(72)80(76)68-21-6-5-7-22-68/h5-49H,2H2,1,3-4H3/b75-52+,77-53?,78-73?. The third-order valence-electron chi connectivity index (χ3n) is 15.5. The smallest absolute Gasteiger partial charge is 0.145 e. The van der Waals surface area contributed by atoms with Crippen LogP contribution in [0, 0.1) is 6.92 Å². The van der Waals surface area contributed by atoms with Gasteiger partial charge < -0.3 is 0 Å². The summed E-state index contributed by atoms with van der Waals surface area (Å²) < 4.78 is 2.24. The highest BCUT2D eigenvalue weighted by Gasteiger charge is 2.21. The van der Waals surface area contributed by atoms with Crippen LogP contribution < -0.4 is 0 Å². The summed E-state index contributed by atoms with van der Waals surface area (Å²) in [4.78, 5) is 15.7. The molecule has 0 spiro atoms. The van der Waals surface area contributed by atoms with E-state index in [-0.39, 0.29) is 0 Å². The van der Waals surface area contributed by atoms with Gasteiger partial charge in [-0.2, -0.15) is 0 Å². The van der Waals surface area contributed by atoms with Crippen LogP contribution in [0.2, 0.25) is 0 Å². The van der Waals surface area contributed by atoms with Gasteiger partial charge in [0.1, 0.15) is 5.82 Å². The van der Waals surface area contributed by atoms with Gasteiger partial charge in [-0.1, -0.05) is 225 Å². The number of aromatic nitrogens is 2. The third kappa shape index (κ3) is 9.76. The zero-order valence-electron chi connectivity index (χ0n) is 45.0. The van der Waals surface area contributed by atoms with E-state index >= 15 is 0 Å². The largest absolute Gasteiger partial charge is 0.292 e. The first kappa shape index (κ1) is 49.3. The van der Waals surface area contributed by atoms with Crippen LogP contribution in [0.3, 0.4) is 0 Å². The summed E-state index contributed by atoms with van der Waals surface area (Å²) in [6.45, 7) is 11.1. The normalized spacial score (nSPS) is 13.7. The monoisotopic (exact) mass is 1020 g/mol. The second-order valence-corrected chi connectivity index (χ2v) is 20.6. The quantitative estimate of drug-likeness (QED) is 0.0940. The van der Waals surface area contributed by atoms with E-state index in [4.69, 9.17) is 21.5 Å². The lowest BCUT2D eigenvalue weighted by atomic mass is 9.84. The number of allylic oxidation sites excluding steroid dienone is 6. The number of imidazole rings is 1. The molecule has 4 nitrogen and oxygen atoms in total. The molecule has 0 unspecified atom stereocenters. The van der Waals surface area contributed by atoms with Crippen molar-refractivity contribution in [3.05, 3.63) is 319 Å². The summed E-state index contributed by atoms with van der Waals surface area (Å²) in [5, 5.41) is 4.79. The van der Waals surface area contributed by atoms with Crippen molar-refractivity contribution in [2.75, 3.05) is 0 Å². The van der Waals surface area contributed by atoms with Gasteiger partial charge in [0.05, 0.1) is 28.1 Å². The highest BCUT2D eigenvalue weighted by atomic mass is 15.1. The summed E-state index contributed by atoms with van der Waals surface area (Å²) in [6, 6.07) is 92.7. The topological polar surface area (TPSA) is 42.5 Å². The van der Waals surface area contributed by atoms with E-state index in [1.165, 1.54) is 21.5 Å². The summed E-state index contributed by atoms with van der Waals surface area (Å²) in [5.74, 6) is 0.912. The van der Waals surface area contributed by atoms with Gasteiger partial charge in [0, 0.05) is 22.5 Å². The number of aliphatic imine (C=N–C) groups is 2. The summed E-state index contributed by atoms with van der Waals surface area (Å²) >= 11 is 0. The van der Waals surface area contributed by atoms with Crippen LogP contribution in [-0.2, 0) is 0 Å². The van der Waals surface area contributed by atoms with Gasteiger partial charge in [0.2, 0.25) is 0 Å². The first-order chi connectivity index (χ1) is 39.3. The molecule has 13 rings (SSSR count). The molecular formula is C76H56N4. The van der Waals surface area contributed by atoms with Gasteiger partial charge in [0.25, 0.3) is 0 Å². The Balaban J connectivity index is 0.881. The third-order valence-corrected chi connectivity index (χ3v) is 15.5. The lowest BCUT2D eigenvalue weighted by Gasteiger charge is -2.21. The molecule has 1 aliphatic rings. The van der Waals surface area contributed by atoms with Crippen LogP contribution in [0.25, 0.3) is 94.3 Å². The van der Waals surface area contributed by atoms with Crippen LogP contribution in [-0.4, -0.2) is 21.0 Å². The van der Waals surface area contributed by atoms with E-state index in [0.29, 0.717) is 0 Å². The number of para-hydroxylation sites is 4. The first-order valence-electron chi connectivity index (χ1n) is 27.3. The Labute approximate surface area is 467 Å². The number of hydrogen-bond acceptors (Lipinski definition) is 3. The van der Waals surface area contributed by atoms with E-state index in [2.05, 4.69) is 274 Å². The summed E-state index contributed by atoms with van der Waals surface area (Å²) in [7, 11) is 0. The second-order valence-electron chi connectivity index (χ2n) is 20.6. The molecule has 0 radical (unpaired) electrons. The molecule has 4 heteroatoms. The number of rotatable bonds is 11. The van der Waals surface area contributed by atoms with Gasteiger partial charge in [-0.15, -0.1) is 0 Å². The molecule has 0 aliphatic heterocycles. The van der Waals surface area contributed by atoms with Gasteiger partial charge in [-0.25, -0.2) is 9.98 Å². The lowest BCUT2D eigenvalue weighted by molar-refractivity contribution is 1.10. The van der Waals surface area contributed by atoms with E-state index in [1.807, 2.05) is 24.3 Å². The highest BCUT2D eigenvalue weighted by Crippen LogP contribution is 2.40. The maximum absolute atomic E-state index is 5.67. The van der Waals surface area contributed by atoms with Crippen molar-refractivity contribution in [2.24, 2.45) is 9.98 Å². The molecule has 80 heavy (non-hydrogen) atoms. The molecule has 0 amide bonds. The zero-order chi connectivity index (χ0) is 54.1. The predicted octanol–water partition coefficient (Wildman–Crippen LogP) is 19.8. The molecule has 0 saturated carbocycles. The van der Waals surface area contributed by atoms with E-state index in [9.17, 15) is 0 Å². The van der Waals surface area contributed by atoms with E-state index < -0.39 is 0 Å². The van der Waals surface area contributed by atoms with Crippen molar-refractivity contribution in [1.29, 1.82) is 0 Å². The van der Waals surface area contributed by atoms with Crippen LogP contribution in [0.15, 0.2) is 295 Å². The Bertz CT molecular complexity index is 4510. The molecule has 0 N–H and O–H groups in total. The Morgan fingerprint density at radius 3 is 1.51 bits per heavy atom. The van der Waals surface area contributed by atoms with Crippen molar-refractivity contribution in [3.8, 4) is 39.3 Å². The van der Waals surface area contributed by atoms with E-state index in [0.717, 1.165) is 129 Å². The molecule has 1 aromatic heterocycles. The van der Waals surface area contributed by atoms with Gasteiger partial charge in [-0.05, 0) is 169 Å². The van der Waals surface area contributed by atoms with Gasteiger partial charge in [-0.3, -0.25) is 9.56 Å². The molecule has 0 atom stereocenters. The van der Waals surface area contributed by atoms with Crippen LogP contribution in [0.5, 0.6) is 0 Å². The molecular weight excluding hydrogens is 969 g/mol. The molecule has 0 bridgehead atoms. The maximum atomic E-state index is 5.67. The van der Waals surface area contributed by atoms with Gasteiger partial charge >= 0.3 is 0 Å². The molecule has 0 saturated heterocycles. The predicted molar refractivity (Wildman–Crippen MR) is 340 cm³/mol. The molecule has 0 fully saturated rings. The second kappa shape index (κ2) is 21.3. The number of hydrogen-bond donors (Lipinski definition) is 0. The van der Waals surface area contributed by atoms with Gasteiger partial charge in [0.15, 0.2) is 0 Å². The van der Waals surface area contributed by atoms with Crippen LogP contribution in [0.1, 0.15) is 47.2 Å². The SMILES string of the molecule is C=C1C=C(c2ccc3ccccc3c2)C(c2ccc3ccccc3c2)=CC1=N/C(=C(\C)c1ccc(-c2ccc(-c3nc4ccccc4n3-c3ccccc3)cc2)cc1)c1ccc(-c2ccc(C(C)=Nc3ccccc3C)cc2)cc1. The zero-order valence-corrected chi connectivity index (χ0v) is 45.0. The number of aryl methyl sites for hydroxylation is 1. The summed E-state index contributed by atoms with van der Waals surface area (Å²) in [5.41, 5.74) is 23.0. The number of benzene rings is 11. The number of fused-ring (bicyclic) bond motifs is 3. The average molecular weight is 1030 g/mol. The fourth-order valence-corrected chi connectivity index (χ4v) is 11.0. The van der Waals surface area contributed by atoms with Crippen molar-refractivity contribution >= 4 is 72.1 Å². The number of nitrogens with zero attached hydrogens (tertiary/aromatic N) is 4. The molecule has 12 aromatic rings. The van der Waals surface area contributed by atoms with Crippen molar-refractivity contribution in [2.45, 2.75) is 20.8 Å². The fraction of sp³-hybridized carbons (Fsp3) is 0.0395. The molecule has 1 aliphatic carbocycles. The minimum absolute atomic E-state index is 0.812. The average Bonchev–Trinajstić information content (AvgIpc) is 3.96. The minimum Gasteiger partial charge on any atom is -0.292 e. The summed E-state index contributed by atoms with van der Waals surface area (Å²) in [6.07, 6.45) is 4.46. The Morgan fingerprint density at radius 2 is 0.900 bits per heavy atom.